The molecular formula is C13H18O3. The Hall–Kier alpha value is -1.22. The molecule has 0 saturated carbocycles. The van der Waals surface area contributed by atoms with E-state index < -0.39 is 6.10 Å². The van der Waals surface area contributed by atoms with Crippen LogP contribution in [0.1, 0.15) is 31.9 Å². The van der Waals surface area contributed by atoms with Crippen LogP contribution in [0.2, 0.25) is 0 Å². The summed E-state index contributed by atoms with van der Waals surface area (Å²) < 4.78 is 11.0. The molecule has 1 unspecified atom stereocenters. The van der Waals surface area contributed by atoms with E-state index in [-0.39, 0.29) is 6.10 Å². The molecule has 2 rings (SSSR count). The number of ether oxygens (including phenoxy) is 2. The van der Waals surface area contributed by atoms with Gasteiger partial charge in [-0.2, -0.15) is 0 Å². The van der Waals surface area contributed by atoms with Crippen molar-refractivity contribution < 1.29 is 14.6 Å². The number of aliphatic hydroxyl groups is 1. The number of benzene rings is 1. The van der Waals surface area contributed by atoms with Crippen LogP contribution < -0.4 is 9.47 Å². The summed E-state index contributed by atoms with van der Waals surface area (Å²) in [6.07, 6.45) is 0.313. The number of hydrogen-bond acceptors (Lipinski definition) is 3. The van der Waals surface area contributed by atoms with E-state index in [1.165, 1.54) is 0 Å². The summed E-state index contributed by atoms with van der Waals surface area (Å²) in [5.74, 6) is 1.90. The van der Waals surface area contributed by atoms with Crippen molar-refractivity contribution in [2.45, 2.75) is 32.5 Å². The largest absolute Gasteiger partial charge is 0.497 e. The number of methoxy groups -OCH3 is 1. The first-order valence-electron chi connectivity index (χ1n) is 5.64. The van der Waals surface area contributed by atoms with E-state index in [2.05, 4.69) is 13.8 Å². The summed E-state index contributed by atoms with van der Waals surface area (Å²) in [5.41, 5.74) is 0.859. The molecule has 0 saturated heterocycles. The Morgan fingerprint density at radius 2 is 2.19 bits per heavy atom. The first kappa shape index (κ1) is 11.3. The van der Waals surface area contributed by atoms with Gasteiger partial charge >= 0.3 is 0 Å². The molecule has 0 amide bonds. The van der Waals surface area contributed by atoms with E-state index in [0.29, 0.717) is 12.3 Å². The van der Waals surface area contributed by atoms with E-state index in [1.807, 2.05) is 18.2 Å². The third kappa shape index (κ3) is 2.00. The lowest BCUT2D eigenvalue weighted by molar-refractivity contribution is 0.0425. The van der Waals surface area contributed by atoms with Crippen molar-refractivity contribution in [2.24, 2.45) is 5.92 Å². The Morgan fingerprint density at radius 3 is 2.81 bits per heavy atom. The van der Waals surface area contributed by atoms with E-state index in [1.54, 1.807) is 7.11 Å². The van der Waals surface area contributed by atoms with Gasteiger partial charge in [-0.1, -0.05) is 13.8 Å². The topological polar surface area (TPSA) is 38.7 Å². The second-order valence-electron chi connectivity index (χ2n) is 4.56. The summed E-state index contributed by atoms with van der Waals surface area (Å²) in [4.78, 5) is 0. The fourth-order valence-corrected chi connectivity index (χ4v) is 1.99. The Bertz CT molecular complexity index is 373. The van der Waals surface area contributed by atoms with Gasteiger partial charge in [0, 0.05) is 18.1 Å². The smallest absolute Gasteiger partial charge is 0.129 e. The second kappa shape index (κ2) is 4.34. The van der Waals surface area contributed by atoms with Crippen LogP contribution in [-0.2, 0) is 0 Å². The molecule has 3 nitrogen and oxygen atoms in total. The Kier molecular flexibility index (Phi) is 3.06. The van der Waals surface area contributed by atoms with Gasteiger partial charge in [0.25, 0.3) is 0 Å². The van der Waals surface area contributed by atoms with Gasteiger partial charge in [-0.3, -0.25) is 0 Å². The van der Waals surface area contributed by atoms with Gasteiger partial charge in [-0.25, -0.2) is 0 Å². The van der Waals surface area contributed by atoms with Crippen molar-refractivity contribution in [3.63, 3.8) is 0 Å². The predicted molar refractivity (Wildman–Crippen MR) is 61.8 cm³/mol. The van der Waals surface area contributed by atoms with Gasteiger partial charge < -0.3 is 14.6 Å². The summed E-state index contributed by atoms with van der Waals surface area (Å²) in [7, 11) is 1.63. The SMILES string of the molecule is COc1ccc2c(c1)OC(C(C)C)C[C@@H]2O. The molecule has 0 spiro atoms. The number of hydrogen-bond donors (Lipinski definition) is 1. The molecule has 0 aromatic heterocycles. The number of aliphatic hydroxyl groups excluding tert-OH is 1. The second-order valence-corrected chi connectivity index (χ2v) is 4.56. The summed E-state index contributed by atoms with van der Waals surface area (Å²) >= 11 is 0. The zero-order valence-corrected chi connectivity index (χ0v) is 9.93. The minimum Gasteiger partial charge on any atom is -0.497 e. The third-order valence-corrected chi connectivity index (χ3v) is 3.06. The zero-order valence-electron chi connectivity index (χ0n) is 9.93. The van der Waals surface area contributed by atoms with Crippen LogP contribution in [0.15, 0.2) is 18.2 Å². The first-order valence-corrected chi connectivity index (χ1v) is 5.64. The summed E-state index contributed by atoms with van der Waals surface area (Å²) in [5, 5.41) is 10.0. The molecule has 0 aliphatic carbocycles. The Labute approximate surface area is 96.0 Å². The van der Waals surface area contributed by atoms with Crippen molar-refractivity contribution in [1.29, 1.82) is 0 Å². The number of rotatable bonds is 2. The van der Waals surface area contributed by atoms with Crippen molar-refractivity contribution >= 4 is 0 Å². The predicted octanol–water partition coefficient (Wildman–Crippen LogP) is 2.54. The molecule has 1 N–H and O–H groups in total. The monoisotopic (exact) mass is 222 g/mol. The maximum atomic E-state index is 10.0. The molecule has 1 aromatic rings. The molecule has 3 heteroatoms. The average molecular weight is 222 g/mol. The highest BCUT2D eigenvalue weighted by Crippen LogP contribution is 2.38. The lowest BCUT2D eigenvalue weighted by Gasteiger charge is -2.32. The minimum atomic E-state index is -0.429. The van der Waals surface area contributed by atoms with Crippen molar-refractivity contribution in [3.8, 4) is 11.5 Å². The third-order valence-electron chi connectivity index (χ3n) is 3.06. The highest BCUT2D eigenvalue weighted by atomic mass is 16.5. The highest BCUT2D eigenvalue weighted by molar-refractivity contribution is 5.43. The molecule has 0 fully saturated rings. The van der Waals surface area contributed by atoms with Gasteiger partial charge in [-0.05, 0) is 18.1 Å². The maximum absolute atomic E-state index is 10.0. The van der Waals surface area contributed by atoms with E-state index in [9.17, 15) is 5.11 Å². The molecule has 0 radical (unpaired) electrons. The Morgan fingerprint density at radius 1 is 1.44 bits per heavy atom. The van der Waals surface area contributed by atoms with E-state index in [4.69, 9.17) is 9.47 Å². The number of fused-ring (bicyclic) bond motifs is 1. The molecular weight excluding hydrogens is 204 g/mol. The fraction of sp³-hybridized carbons (Fsp3) is 0.538. The van der Waals surface area contributed by atoms with Crippen molar-refractivity contribution in [3.05, 3.63) is 23.8 Å². The van der Waals surface area contributed by atoms with Crippen LogP contribution >= 0.6 is 0 Å². The molecule has 1 heterocycles. The molecule has 88 valence electrons. The quantitative estimate of drug-likeness (QED) is 0.835. The summed E-state index contributed by atoms with van der Waals surface area (Å²) in [6.45, 7) is 4.20. The van der Waals surface area contributed by atoms with Crippen LogP contribution in [0, 0.1) is 5.92 Å². The van der Waals surface area contributed by atoms with Crippen LogP contribution in [0.4, 0.5) is 0 Å². The molecule has 2 atom stereocenters. The van der Waals surface area contributed by atoms with Gasteiger partial charge in [0.15, 0.2) is 0 Å². The average Bonchev–Trinajstić information content (AvgIpc) is 2.28. The molecule has 1 aromatic carbocycles. The molecule has 0 bridgehead atoms. The van der Waals surface area contributed by atoms with Crippen molar-refractivity contribution in [2.75, 3.05) is 7.11 Å². The molecule has 1 aliphatic heterocycles. The zero-order chi connectivity index (χ0) is 11.7. The van der Waals surface area contributed by atoms with Gasteiger partial charge in [-0.15, -0.1) is 0 Å². The van der Waals surface area contributed by atoms with Gasteiger partial charge in [0.2, 0.25) is 0 Å². The van der Waals surface area contributed by atoms with Crippen LogP contribution in [0.5, 0.6) is 11.5 Å². The first-order chi connectivity index (χ1) is 7.61. The van der Waals surface area contributed by atoms with Crippen LogP contribution in [0.3, 0.4) is 0 Å². The lowest BCUT2D eigenvalue weighted by Crippen LogP contribution is -2.30. The van der Waals surface area contributed by atoms with Crippen LogP contribution in [0.25, 0.3) is 0 Å². The highest BCUT2D eigenvalue weighted by Gasteiger charge is 2.28. The van der Waals surface area contributed by atoms with E-state index in [0.717, 1.165) is 17.1 Å². The summed E-state index contributed by atoms with van der Waals surface area (Å²) in [6, 6.07) is 5.56. The Balaban J connectivity index is 2.31. The lowest BCUT2D eigenvalue weighted by atomic mass is 9.93. The normalized spacial score (nSPS) is 23.8. The molecule has 16 heavy (non-hydrogen) atoms. The fourth-order valence-electron chi connectivity index (χ4n) is 1.99. The van der Waals surface area contributed by atoms with Crippen LogP contribution in [-0.4, -0.2) is 18.3 Å². The minimum absolute atomic E-state index is 0.0783. The van der Waals surface area contributed by atoms with Crippen molar-refractivity contribution in [1.82, 2.24) is 0 Å². The molecule has 1 aliphatic rings. The van der Waals surface area contributed by atoms with Gasteiger partial charge in [0.05, 0.1) is 13.2 Å². The van der Waals surface area contributed by atoms with E-state index >= 15 is 0 Å². The van der Waals surface area contributed by atoms with Gasteiger partial charge in [0.1, 0.15) is 17.6 Å². The standard InChI is InChI=1S/C13H18O3/c1-8(2)12-7-11(14)10-5-4-9(15-3)6-13(10)16-12/h4-6,8,11-12,14H,7H2,1-3H3/t11-,12?/m0/s1. The maximum Gasteiger partial charge on any atom is 0.129 e.